The Morgan fingerprint density at radius 2 is 1.61 bits per heavy atom. The Kier molecular flexibility index (Phi) is 5.37. The molecule has 1 N–H and O–H groups in total. The van der Waals surface area contributed by atoms with Gasteiger partial charge in [-0.15, -0.1) is 0 Å². The van der Waals surface area contributed by atoms with E-state index in [1.807, 2.05) is 42.5 Å². The molecule has 3 heterocycles. The van der Waals surface area contributed by atoms with Gasteiger partial charge >= 0.3 is 0 Å². The van der Waals surface area contributed by atoms with Crippen molar-refractivity contribution in [2.75, 3.05) is 20.2 Å². The van der Waals surface area contributed by atoms with E-state index in [0.717, 1.165) is 48.4 Å². The Morgan fingerprint density at radius 3 is 2.14 bits per heavy atom. The zero-order valence-corrected chi connectivity index (χ0v) is 16.0. The van der Waals surface area contributed by atoms with Gasteiger partial charge in [0.2, 0.25) is 0 Å². The monoisotopic (exact) mass is 375 g/mol. The van der Waals surface area contributed by atoms with Crippen LogP contribution < -0.4 is 4.74 Å². The van der Waals surface area contributed by atoms with E-state index in [9.17, 15) is 5.11 Å². The fourth-order valence-electron chi connectivity index (χ4n) is 4.19. The minimum Gasteiger partial charge on any atom is -0.497 e. The number of pyridine rings is 2. The van der Waals surface area contributed by atoms with Crippen molar-refractivity contribution in [3.63, 3.8) is 0 Å². The molecule has 28 heavy (non-hydrogen) atoms. The van der Waals surface area contributed by atoms with Crippen LogP contribution in [0.5, 0.6) is 5.75 Å². The van der Waals surface area contributed by atoms with Gasteiger partial charge in [0.25, 0.3) is 0 Å². The van der Waals surface area contributed by atoms with Gasteiger partial charge in [-0.05, 0) is 55.8 Å². The molecule has 2 aromatic heterocycles. The zero-order chi connectivity index (χ0) is 19.4. The molecular weight excluding hydrogens is 350 g/mol. The molecule has 0 radical (unpaired) electrons. The molecule has 144 valence electrons. The summed E-state index contributed by atoms with van der Waals surface area (Å²) in [7, 11) is 1.67. The van der Waals surface area contributed by atoms with E-state index in [1.165, 1.54) is 0 Å². The standard InChI is InChI=1S/C23H25N3O2/c1-28-21-10-4-7-18(15-21)22(26-13-2-3-14-26)23(27,19-8-5-11-24-16-19)20-9-6-12-25-17-20/h4-12,15-17,22,27H,2-3,13-14H2,1H3. The summed E-state index contributed by atoms with van der Waals surface area (Å²) < 4.78 is 5.47. The number of likely N-dealkylation sites (tertiary alicyclic amines) is 1. The summed E-state index contributed by atoms with van der Waals surface area (Å²) in [5, 5.41) is 12.3. The van der Waals surface area contributed by atoms with E-state index in [4.69, 9.17) is 4.74 Å². The summed E-state index contributed by atoms with van der Waals surface area (Å²) >= 11 is 0. The first-order chi connectivity index (χ1) is 13.7. The van der Waals surface area contributed by atoms with Crippen LogP contribution in [-0.4, -0.2) is 40.2 Å². The summed E-state index contributed by atoms with van der Waals surface area (Å²) in [4.78, 5) is 10.9. The summed E-state index contributed by atoms with van der Waals surface area (Å²) in [5.74, 6) is 0.779. The molecule has 1 saturated heterocycles. The van der Waals surface area contributed by atoms with Crippen LogP contribution in [0.4, 0.5) is 0 Å². The number of aromatic nitrogens is 2. The van der Waals surface area contributed by atoms with Gasteiger partial charge in [0.15, 0.2) is 0 Å². The molecule has 5 heteroatoms. The van der Waals surface area contributed by atoms with Crippen molar-refractivity contribution in [2.45, 2.75) is 24.5 Å². The van der Waals surface area contributed by atoms with Gasteiger partial charge in [0.05, 0.1) is 13.2 Å². The van der Waals surface area contributed by atoms with E-state index < -0.39 is 5.60 Å². The van der Waals surface area contributed by atoms with Crippen LogP contribution in [0.2, 0.25) is 0 Å². The maximum absolute atomic E-state index is 12.3. The van der Waals surface area contributed by atoms with Crippen molar-refractivity contribution in [1.29, 1.82) is 0 Å². The van der Waals surface area contributed by atoms with Gasteiger partial charge in [0.1, 0.15) is 11.4 Å². The Hall–Kier alpha value is -2.76. The zero-order valence-electron chi connectivity index (χ0n) is 16.0. The molecule has 1 aliphatic rings. The van der Waals surface area contributed by atoms with Crippen molar-refractivity contribution in [2.24, 2.45) is 0 Å². The molecule has 1 aliphatic heterocycles. The highest BCUT2D eigenvalue weighted by Crippen LogP contribution is 2.45. The molecular formula is C23H25N3O2. The van der Waals surface area contributed by atoms with Gasteiger partial charge in [-0.2, -0.15) is 0 Å². The Labute approximate surface area is 165 Å². The molecule has 1 unspecified atom stereocenters. The Bertz CT molecular complexity index is 856. The lowest BCUT2D eigenvalue weighted by atomic mass is 9.77. The SMILES string of the molecule is COc1cccc(C(N2CCCC2)C(O)(c2cccnc2)c2cccnc2)c1. The van der Waals surface area contributed by atoms with E-state index in [-0.39, 0.29) is 6.04 Å². The third kappa shape index (κ3) is 3.39. The van der Waals surface area contributed by atoms with Crippen molar-refractivity contribution >= 4 is 0 Å². The molecule has 4 rings (SSSR count). The van der Waals surface area contributed by atoms with Gasteiger partial charge in [-0.3, -0.25) is 14.9 Å². The molecule has 0 bridgehead atoms. The van der Waals surface area contributed by atoms with Gasteiger partial charge in [-0.25, -0.2) is 0 Å². The topological polar surface area (TPSA) is 58.5 Å². The number of hydrogen-bond donors (Lipinski definition) is 1. The molecule has 5 nitrogen and oxygen atoms in total. The first-order valence-corrected chi connectivity index (χ1v) is 9.65. The number of methoxy groups -OCH3 is 1. The van der Waals surface area contributed by atoms with Crippen molar-refractivity contribution in [1.82, 2.24) is 14.9 Å². The average Bonchev–Trinajstić information content (AvgIpc) is 3.29. The fourth-order valence-corrected chi connectivity index (χ4v) is 4.19. The molecule has 0 spiro atoms. The second-order valence-electron chi connectivity index (χ2n) is 7.17. The van der Waals surface area contributed by atoms with Crippen LogP contribution in [0.3, 0.4) is 0 Å². The summed E-state index contributed by atoms with van der Waals surface area (Å²) in [6, 6.07) is 15.3. The first kappa shape index (κ1) is 18.6. The highest BCUT2D eigenvalue weighted by atomic mass is 16.5. The normalized spacial score (nSPS) is 16.1. The molecule has 0 amide bonds. The Balaban J connectivity index is 1.93. The minimum atomic E-state index is -1.29. The Morgan fingerprint density at radius 1 is 0.964 bits per heavy atom. The third-order valence-corrected chi connectivity index (χ3v) is 5.51. The fraction of sp³-hybridized carbons (Fsp3) is 0.304. The molecule has 1 fully saturated rings. The predicted molar refractivity (Wildman–Crippen MR) is 108 cm³/mol. The second-order valence-corrected chi connectivity index (χ2v) is 7.17. The molecule has 1 atom stereocenters. The number of nitrogens with zero attached hydrogens (tertiary/aromatic N) is 3. The lowest BCUT2D eigenvalue weighted by molar-refractivity contribution is -0.0153. The number of benzene rings is 1. The molecule has 0 aliphatic carbocycles. The lowest BCUT2D eigenvalue weighted by Crippen LogP contribution is -2.44. The molecule has 3 aromatic rings. The largest absolute Gasteiger partial charge is 0.497 e. The predicted octanol–water partition coefficient (Wildman–Crippen LogP) is 3.56. The highest BCUT2D eigenvalue weighted by Gasteiger charge is 2.45. The van der Waals surface area contributed by atoms with E-state index >= 15 is 0 Å². The molecule has 0 saturated carbocycles. The average molecular weight is 375 g/mol. The first-order valence-electron chi connectivity index (χ1n) is 9.65. The van der Waals surface area contributed by atoms with E-state index in [0.29, 0.717) is 0 Å². The van der Waals surface area contributed by atoms with Crippen molar-refractivity contribution < 1.29 is 9.84 Å². The second kappa shape index (κ2) is 8.09. The third-order valence-electron chi connectivity index (χ3n) is 5.51. The van der Waals surface area contributed by atoms with Crippen LogP contribution in [-0.2, 0) is 5.60 Å². The van der Waals surface area contributed by atoms with Crippen LogP contribution in [0.25, 0.3) is 0 Å². The van der Waals surface area contributed by atoms with Crippen molar-refractivity contribution in [3.05, 3.63) is 90.0 Å². The van der Waals surface area contributed by atoms with E-state index in [1.54, 1.807) is 31.9 Å². The molecule has 1 aromatic carbocycles. The number of hydrogen-bond acceptors (Lipinski definition) is 5. The smallest absolute Gasteiger partial charge is 0.137 e. The van der Waals surface area contributed by atoms with Crippen LogP contribution in [0.15, 0.2) is 73.3 Å². The minimum absolute atomic E-state index is 0.279. The van der Waals surface area contributed by atoms with Crippen LogP contribution in [0.1, 0.15) is 35.6 Å². The number of rotatable bonds is 6. The van der Waals surface area contributed by atoms with Crippen LogP contribution >= 0.6 is 0 Å². The number of aliphatic hydroxyl groups is 1. The van der Waals surface area contributed by atoms with Crippen LogP contribution in [0, 0.1) is 0 Å². The van der Waals surface area contributed by atoms with Gasteiger partial charge in [-0.1, -0.05) is 24.3 Å². The maximum atomic E-state index is 12.3. The highest BCUT2D eigenvalue weighted by molar-refractivity contribution is 5.41. The summed E-state index contributed by atoms with van der Waals surface area (Å²) in [6.45, 7) is 1.87. The van der Waals surface area contributed by atoms with Gasteiger partial charge < -0.3 is 9.84 Å². The summed E-state index contributed by atoms with van der Waals surface area (Å²) in [5.41, 5.74) is 1.22. The number of ether oxygens (including phenoxy) is 1. The lowest BCUT2D eigenvalue weighted by Gasteiger charge is -2.42. The van der Waals surface area contributed by atoms with Gasteiger partial charge in [0, 0.05) is 35.9 Å². The maximum Gasteiger partial charge on any atom is 0.137 e. The quantitative estimate of drug-likeness (QED) is 0.714. The summed E-state index contributed by atoms with van der Waals surface area (Å²) in [6.07, 6.45) is 9.19. The van der Waals surface area contributed by atoms with E-state index in [2.05, 4.69) is 20.9 Å². The van der Waals surface area contributed by atoms with Crippen molar-refractivity contribution in [3.8, 4) is 5.75 Å².